The van der Waals surface area contributed by atoms with E-state index in [0.717, 1.165) is 11.1 Å². The van der Waals surface area contributed by atoms with E-state index < -0.39 is 18.5 Å². The van der Waals surface area contributed by atoms with Crippen molar-refractivity contribution in [1.82, 2.24) is 5.32 Å². The second-order valence-corrected chi connectivity index (χ2v) is 9.92. The summed E-state index contributed by atoms with van der Waals surface area (Å²) in [4.78, 5) is 38.2. The summed E-state index contributed by atoms with van der Waals surface area (Å²) in [6.45, 7) is 1.73. The largest absolute Gasteiger partial charge is 0.495 e. The first-order valence-electron chi connectivity index (χ1n) is 12.3. The van der Waals surface area contributed by atoms with E-state index in [4.69, 9.17) is 30.5 Å². The van der Waals surface area contributed by atoms with Crippen molar-refractivity contribution < 1.29 is 33.3 Å². The number of hydrogen-bond donors (Lipinski definition) is 2. The molecule has 3 aromatic carbocycles. The number of nitrogens with one attached hydrogen (secondary N) is 2. The maximum atomic E-state index is 12.7. The molecule has 11 heteroatoms. The van der Waals surface area contributed by atoms with E-state index in [2.05, 4.69) is 10.6 Å². The Morgan fingerprint density at radius 1 is 0.875 bits per heavy atom. The van der Waals surface area contributed by atoms with Crippen LogP contribution < -0.4 is 24.8 Å². The highest BCUT2D eigenvalue weighted by atomic mass is 35.5. The summed E-state index contributed by atoms with van der Waals surface area (Å²) in [6, 6.07) is 15.6. The number of rotatable bonds is 13. The van der Waals surface area contributed by atoms with Gasteiger partial charge >= 0.3 is 5.97 Å². The maximum Gasteiger partial charge on any atom is 0.339 e. The molecule has 0 radical (unpaired) electrons. The van der Waals surface area contributed by atoms with Crippen LogP contribution in [0.3, 0.4) is 0 Å². The Morgan fingerprint density at radius 2 is 1.60 bits per heavy atom. The van der Waals surface area contributed by atoms with Gasteiger partial charge in [0.15, 0.2) is 18.1 Å². The minimum atomic E-state index is -0.675. The van der Waals surface area contributed by atoms with E-state index in [1.807, 2.05) is 18.2 Å². The van der Waals surface area contributed by atoms with Gasteiger partial charge in [0.1, 0.15) is 5.75 Å². The van der Waals surface area contributed by atoms with Crippen molar-refractivity contribution in [2.24, 2.45) is 0 Å². The van der Waals surface area contributed by atoms with E-state index in [9.17, 15) is 14.4 Å². The predicted octanol–water partition coefficient (Wildman–Crippen LogP) is 4.92. The Kier molecular flexibility index (Phi) is 11.5. The van der Waals surface area contributed by atoms with Crippen LogP contribution in [-0.2, 0) is 20.7 Å². The molecule has 0 unspecified atom stereocenters. The average Bonchev–Trinajstić information content (AvgIpc) is 2.96. The first-order valence-corrected chi connectivity index (χ1v) is 13.6. The monoisotopic (exact) mass is 586 g/mol. The summed E-state index contributed by atoms with van der Waals surface area (Å²) in [5.74, 6) is 0.369. The molecule has 2 amide bonds. The lowest BCUT2D eigenvalue weighted by atomic mass is 10.1. The fourth-order valence-corrected chi connectivity index (χ4v) is 4.69. The molecule has 212 valence electrons. The molecule has 0 saturated heterocycles. The average molecular weight is 587 g/mol. The molecule has 3 rings (SSSR count). The number of methoxy groups -OCH3 is 3. The van der Waals surface area contributed by atoms with Gasteiger partial charge in [-0.3, -0.25) is 9.59 Å². The minimum Gasteiger partial charge on any atom is -0.495 e. The van der Waals surface area contributed by atoms with Crippen LogP contribution in [-0.4, -0.2) is 58.0 Å². The van der Waals surface area contributed by atoms with Gasteiger partial charge in [0.05, 0.1) is 38.3 Å². The van der Waals surface area contributed by atoms with Crippen LogP contribution >= 0.6 is 23.4 Å². The van der Waals surface area contributed by atoms with Crippen molar-refractivity contribution in [3.63, 3.8) is 0 Å². The number of carbonyl (C=O) groups is 3. The number of carbonyl (C=O) groups excluding carboxylic acids is 3. The van der Waals surface area contributed by atoms with Crippen LogP contribution in [0.2, 0.25) is 5.02 Å². The third-order valence-electron chi connectivity index (χ3n) is 5.74. The Bertz CT molecular complexity index is 1370. The van der Waals surface area contributed by atoms with Crippen LogP contribution in [0, 0.1) is 6.92 Å². The zero-order valence-corrected chi connectivity index (χ0v) is 24.2. The van der Waals surface area contributed by atoms with Gasteiger partial charge in [-0.05, 0) is 54.8 Å². The van der Waals surface area contributed by atoms with Crippen molar-refractivity contribution in [3.05, 3.63) is 76.3 Å². The van der Waals surface area contributed by atoms with Gasteiger partial charge in [-0.25, -0.2) is 4.79 Å². The molecule has 0 bridgehead atoms. The topological polar surface area (TPSA) is 112 Å². The van der Waals surface area contributed by atoms with Crippen molar-refractivity contribution in [2.75, 3.05) is 45.6 Å². The predicted molar refractivity (Wildman–Crippen MR) is 155 cm³/mol. The molecule has 0 aromatic heterocycles. The lowest BCUT2D eigenvalue weighted by Gasteiger charge is -2.13. The lowest BCUT2D eigenvalue weighted by molar-refractivity contribution is -0.119. The lowest BCUT2D eigenvalue weighted by Crippen LogP contribution is -2.27. The summed E-state index contributed by atoms with van der Waals surface area (Å²) in [7, 11) is 4.61. The van der Waals surface area contributed by atoms with E-state index in [-0.39, 0.29) is 17.2 Å². The molecule has 0 atom stereocenters. The van der Waals surface area contributed by atoms with Gasteiger partial charge in [0.25, 0.3) is 5.91 Å². The van der Waals surface area contributed by atoms with Gasteiger partial charge in [0, 0.05) is 22.5 Å². The number of ether oxygens (including phenoxy) is 4. The molecular formula is C29H31ClN2O7S. The number of hydrogen-bond acceptors (Lipinski definition) is 8. The standard InChI is InChI=1S/C29H31ClN2O7S/c1-18-13-22(24(37-3)15-21(18)30)32-27(33)16-39-29(35)20-7-5-6-8-26(20)40-17-28(34)31-12-11-19-9-10-23(36-2)25(14-19)38-4/h5-10,13-15H,11-12,16-17H2,1-4H3,(H,31,34)(H,32,33). The highest BCUT2D eigenvalue weighted by Gasteiger charge is 2.17. The number of anilines is 1. The highest BCUT2D eigenvalue weighted by molar-refractivity contribution is 8.00. The van der Waals surface area contributed by atoms with E-state index in [1.165, 1.54) is 18.9 Å². The Balaban J connectivity index is 1.49. The van der Waals surface area contributed by atoms with Crippen LogP contribution in [0.25, 0.3) is 0 Å². The van der Waals surface area contributed by atoms with Crippen LogP contribution in [0.4, 0.5) is 5.69 Å². The SMILES string of the molecule is COc1cc(Cl)c(C)cc1NC(=O)COC(=O)c1ccccc1SCC(=O)NCCc1ccc(OC)c(OC)c1. The third-order valence-corrected chi connectivity index (χ3v) is 7.22. The molecule has 40 heavy (non-hydrogen) atoms. The number of aryl methyl sites for hydroxylation is 1. The van der Waals surface area contributed by atoms with Gasteiger partial charge in [0.2, 0.25) is 5.91 Å². The fourth-order valence-electron chi connectivity index (χ4n) is 3.66. The van der Waals surface area contributed by atoms with Crippen LogP contribution in [0.1, 0.15) is 21.5 Å². The summed E-state index contributed by atoms with van der Waals surface area (Å²) < 4.78 is 21.0. The molecule has 0 fully saturated rings. The highest BCUT2D eigenvalue weighted by Crippen LogP contribution is 2.31. The molecule has 0 spiro atoms. The Morgan fingerprint density at radius 3 is 2.33 bits per heavy atom. The summed E-state index contributed by atoms with van der Waals surface area (Å²) in [6.07, 6.45) is 0.614. The second kappa shape index (κ2) is 15.0. The second-order valence-electron chi connectivity index (χ2n) is 8.50. The van der Waals surface area contributed by atoms with Crippen LogP contribution in [0.5, 0.6) is 17.2 Å². The third kappa shape index (κ3) is 8.56. The Labute approximate surface area is 242 Å². The first kappa shape index (κ1) is 30.6. The van der Waals surface area contributed by atoms with Crippen molar-refractivity contribution in [1.29, 1.82) is 0 Å². The Hall–Kier alpha value is -3.89. The molecule has 0 aliphatic carbocycles. The maximum absolute atomic E-state index is 12.7. The number of thioether (sulfide) groups is 1. The summed E-state index contributed by atoms with van der Waals surface area (Å²) >= 11 is 7.31. The van der Waals surface area contributed by atoms with E-state index in [0.29, 0.717) is 45.8 Å². The normalized spacial score (nSPS) is 10.4. The number of benzene rings is 3. The van der Waals surface area contributed by atoms with E-state index in [1.54, 1.807) is 57.5 Å². The summed E-state index contributed by atoms with van der Waals surface area (Å²) in [5, 5.41) is 6.04. The molecule has 0 heterocycles. The minimum absolute atomic E-state index is 0.104. The number of halogens is 1. The van der Waals surface area contributed by atoms with Gasteiger partial charge in [-0.2, -0.15) is 0 Å². The van der Waals surface area contributed by atoms with Crippen molar-refractivity contribution >= 4 is 46.8 Å². The number of amides is 2. The molecule has 2 N–H and O–H groups in total. The number of esters is 1. The fraction of sp³-hybridized carbons (Fsp3) is 0.276. The zero-order valence-electron chi connectivity index (χ0n) is 22.7. The van der Waals surface area contributed by atoms with Gasteiger partial charge in [-0.1, -0.05) is 29.8 Å². The van der Waals surface area contributed by atoms with Crippen molar-refractivity contribution in [3.8, 4) is 17.2 Å². The van der Waals surface area contributed by atoms with Crippen molar-refractivity contribution in [2.45, 2.75) is 18.2 Å². The van der Waals surface area contributed by atoms with Gasteiger partial charge in [-0.15, -0.1) is 11.8 Å². The molecule has 0 saturated carbocycles. The molecule has 3 aromatic rings. The zero-order chi connectivity index (χ0) is 29.1. The smallest absolute Gasteiger partial charge is 0.339 e. The van der Waals surface area contributed by atoms with E-state index >= 15 is 0 Å². The first-order chi connectivity index (χ1) is 19.2. The van der Waals surface area contributed by atoms with Crippen LogP contribution in [0.15, 0.2) is 59.5 Å². The molecule has 0 aliphatic heterocycles. The summed E-state index contributed by atoms with van der Waals surface area (Å²) in [5.41, 5.74) is 2.43. The molecule has 0 aliphatic rings. The molecule has 9 nitrogen and oxygen atoms in total. The van der Waals surface area contributed by atoms with Gasteiger partial charge < -0.3 is 29.6 Å². The molecular weight excluding hydrogens is 556 g/mol. The quantitative estimate of drug-likeness (QED) is 0.214.